The molecule has 0 unspecified atom stereocenters. The lowest BCUT2D eigenvalue weighted by Gasteiger charge is -2.30. The largest absolute Gasteiger partial charge is 0.394 e. The highest BCUT2D eigenvalue weighted by Gasteiger charge is 2.65. The van der Waals surface area contributed by atoms with Crippen molar-refractivity contribution in [3.8, 4) is 0 Å². The monoisotopic (exact) mass is 306 g/mol. The molecule has 0 spiro atoms. The van der Waals surface area contributed by atoms with E-state index in [0.717, 1.165) is 6.20 Å². The van der Waals surface area contributed by atoms with Gasteiger partial charge in [0.1, 0.15) is 12.2 Å². The van der Waals surface area contributed by atoms with Crippen molar-refractivity contribution in [1.29, 1.82) is 0 Å². The fraction of sp³-hybridized carbons (Fsp3) is 0.636. The maximum atomic E-state index is 14.0. The number of aromatic amines is 2. The van der Waals surface area contributed by atoms with Crippen molar-refractivity contribution >= 4 is 0 Å². The van der Waals surface area contributed by atoms with Gasteiger partial charge in [-0.15, -0.1) is 0 Å². The second kappa shape index (κ2) is 5.31. The standard InChI is InChI=1S/C11H15FN2O7/c12-11(20)7(16)6(4-15)21-10(11,19)2-1-5-3-13-9(18)14-8(5)17/h3,6-7,15-16,19-20H,1-2,4H2,(H2,13,14,17,18)/t6-,7-,10+,11-/m1/s1. The molecule has 1 aromatic heterocycles. The summed E-state index contributed by atoms with van der Waals surface area (Å²) in [6, 6.07) is 0. The number of rotatable bonds is 4. The van der Waals surface area contributed by atoms with E-state index in [0.29, 0.717) is 0 Å². The van der Waals surface area contributed by atoms with Gasteiger partial charge in [0.15, 0.2) is 0 Å². The van der Waals surface area contributed by atoms with Crippen LogP contribution in [0.15, 0.2) is 15.8 Å². The summed E-state index contributed by atoms with van der Waals surface area (Å²) in [6.45, 7) is -0.811. The number of aliphatic hydroxyl groups excluding tert-OH is 2. The molecule has 0 aromatic carbocycles. The van der Waals surface area contributed by atoms with E-state index in [1.54, 1.807) is 0 Å². The van der Waals surface area contributed by atoms with Crippen LogP contribution in [-0.2, 0) is 11.2 Å². The van der Waals surface area contributed by atoms with Crippen LogP contribution in [0.2, 0.25) is 0 Å². The molecular weight excluding hydrogens is 291 g/mol. The molecule has 21 heavy (non-hydrogen) atoms. The zero-order valence-electron chi connectivity index (χ0n) is 10.7. The van der Waals surface area contributed by atoms with Gasteiger partial charge >= 0.3 is 5.69 Å². The van der Waals surface area contributed by atoms with E-state index in [9.17, 15) is 29.3 Å². The zero-order valence-corrected chi connectivity index (χ0v) is 10.7. The highest BCUT2D eigenvalue weighted by molar-refractivity contribution is 5.07. The molecule has 1 aliphatic heterocycles. The number of aliphatic hydroxyl groups is 4. The van der Waals surface area contributed by atoms with Gasteiger partial charge in [0.2, 0.25) is 5.79 Å². The van der Waals surface area contributed by atoms with Gasteiger partial charge in [0, 0.05) is 18.2 Å². The van der Waals surface area contributed by atoms with Crippen LogP contribution < -0.4 is 11.2 Å². The predicted octanol–water partition coefficient (Wildman–Crippen LogP) is -2.91. The van der Waals surface area contributed by atoms with E-state index >= 15 is 0 Å². The van der Waals surface area contributed by atoms with E-state index in [2.05, 4.69) is 4.98 Å². The minimum atomic E-state index is -3.50. The first-order valence-electron chi connectivity index (χ1n) is 6.12. The predicted molar refractivity (Wildman–Crippen MR) is 65.0 cm³/mol. The Bertz CT molecular complexity index is 627. The van der Waals surface area contributed by atoms with Gasteiger partial charge in [-0.05, 0) is 6.42 Å². The summed E-state index contributed by atoms with van der Waals surface area (Å²) in [5.41, 5.74) is -1.44. The van der Waals surface area contributed by atoms with E-state index in [4.69, 9.17) is 9.84 Å². The molecular formula is C11H15FN2O7. The zero-order chi connectivity index (χ0) is 15.8. The maximum Gasteiger partial charge on any atom is 0.325 e. The number of nitrogens with one attached hydrogen (secondary N) is 2. The molecule has 10 heteroatoms. The van der Waals surface area contributed by atoms with Crippen molar-refractivity contribution in [3.63, 3.8) is 0 Å². The Morgan fingerprint density at radius 3 is 2.57 bits per heavy atom. The first-order chi connectivity index (χ1) is 9.71. The SMILES string of the molecule is O=c1[nH]cc(CC[C@]2(O)O[C@H](CO)[C@@H](O)[C@]2(O)F)c(=O)[nH]1. The van der Waals surface area contributed by atoms with Crippen LogP contribution in [0.5, 0.6) is 0 Å². The van der Waals surface area contributed by atoms with E-state index < -0.39 is 48.1 Å². The Labute approximate surface area is 116 Å². The van der Waals surface area contributed by atoms with Crippen molar-refractivity contribution in [1.82, 2.24) is 9.97 Å². The summed E-state index contributed by atoms with van der Waals surface area (Å²) < 4.78 is 18.8. The summed E-state index contributed by atoms with van der Waals surface area (Å²) in [5, 5.41) is 37.9. The molecule has 2 rings (SSSR count). The van der Waals surface area contributed by atoms with Gasteiger partial charge in [0.05, 0.1) is 6.61 Å². The van der Waals surface area contributed by atoms with Crippen LogP contribution in [0.3, 0.4) is 0 Å². The number of hydrogen-bond acceptors (Lipinski definition) is 7. The third-order valence-electron chi connectivity index (χ3n) is 3.45. The number of aromatic nitrogens is 2. The topological polar surface area (TPSA) is 156 Å². The molecule has 0 amide bonds. The Kier molecular flexibility index (Phi) is 4.00. The molecule has 1 aliphatic rings. The molecule has 0 bridgehead atoms. The highest BCUT2D eigenvalue weighted by atomic mass is 19.2. The molecule has 1 saturated heterocycles. The van der Waals surface area contributed by atoms with Crippen molar-refractivity contribution in [2.45, 2.75) is 36.7 Å². The number of ether oxygens (including phenoxy) is 1. The van der Waals surface area contributed by atoms with Crippen LogP contribution in [0, 0.1) is 0 Å². The number of aryl methyl sites for hydroxylation is 1. The molecule has 1 aromatic rings. The summed E-state index contributed by atoms with van der Waals surface area (Å²) in [7, 11) is 0. The summed E-state index contributed by atoms with van der Waals surface area (Å²) in [5.74, 6) is -6.29. The van der Waals surface area contributed by atoms with Crippen molar-refractivity contribution in [2.75, 3.05) is 6.61 Å². The summed E-state index contributed by atoms with van der Waals surface area (Å²) in [4.78, 5) is 26.4. The van der Waals surface area contributed by atoms with Gasteiger partial charge in [-0.1, -0.05) is 0 Å². The van der Waals surface area contributed by atoms with E-state index in [1.165, 1.54) is 0 Å². The molecule has 0 radical (unpaired) electrons. The average molecular weight is 306 g/mol. The number of hydrogen-bond donors (Lipinski definition) is 6. The Morgan fingerprint density at radius 1 is 1.38 bits per heavy atom. The van der Waals surface area contributed by atoms with Gasteiger partial charge < -0.3 is 30.1 Å². The quantitative estimate of drug-likeness (QED) is 0.348. The smallest absolute Gasteiger partial charge is 0.325 e. The Morgan fingerprint density at radius 2 is 2.05 bits per heavy atom. The first-order valence-corrected chi connectivity index (χ1v) is 6.12. The third kappa shape index (κ3) is 2.63. The molecule has 0 aliphatic carbocycles. The summed E-state index contributed by atoms with van der Waals surface area (Å²) in [6.07, 6.45) is -3.39. The number of H-pyrrole nitrogens is 2. The van der Waals surface area contributed by atoms with Gasteiger partial charge in [-0.3, -0.25) is 9.78 Å². The Balaban J connectivity index is 2.18. The van der Waals surface area contributed by atoms with Crippen molar-refractivity contribution < 1.29 is 29.6 Å². The number of alkyl halides is 1. The highest BCUT2D eigenvalue weighted by Crippen LogP contribution is 2.41. The normalized spacial score (nSPS) is 36.0. The fourth-order valence-corrected chi connectivity index (χ4v) is 2.17. The minimum Gasteiger partial charge on any atom is -0.394 e. The lowest BCUT2D eigenvalue weighted by molar-refractivity contribution is -0.316. The molecule has 0 saturated carbocycles. The maximum absolute atomic E-state index is 14.0. The lowest BCUT2D eigenvalue weighted by atomic mass is 9.97. The van der Waals surface area contributed by atoms with Crippen LogP contribution in [0.25, 0.3) is 0 Å². The summed E-state index contributed by atoms with van der Waals surface area (Å²) >= 11 is 0. The third-order valence-corrected chi connectivity index (χ3v) is 3.45. The van der Waals surface area contributed by atoms with Gasteiger partial charge in [-0.2, -0.15) is 0 Å². The molecule has 1 fully saturated rings. The van der Waals surface area contributed by atoms with Crippen LogP contribution in [0.1, 0.15) is 12.0 Å². The van der Waals surface area contributed by atoms with E-state index in [1.807, 2.05) is 4.98 Å². The van der Waals surface area contributed by atoms with Crippen molar-refractivity contribution in [2.24, 2.45) is 0 Å². The lowest BCUT2D eigenvalue weighted by Crippen LogP contribution is -2.53. The Hall–Kier alpha value is -1.59. The van der Waals surface area contributed by atoms with E-state index in [-0.39, 0.29) is 12.0 Å². The van der Waals surface area contributed by atoms with Crippen molar-refractivity contribution in [3.05, 3.63) is 32.6 Å². The molecule has 4 atom stereocenters. The molecule has 6 N–H and O–H groups in total. The van der Waals surface area contributed by atoms with Crippen LogP contribution in [-0.4, -0.2) is 60.9 Å². The molecule has 9 nitrogen and oxygen atoms in total. The fourth-order valence-electron chi connectivity index (χ4n) is 2.17. The second-order valence-electron chi connectivity index (χ2n) is 4.84. The van der Waals surface area contributed by atoms with Gasteiger partial charge in [0.25, 0.3) is 11.4 Å². The average Bonchev–Trinajstić information content (AvgIpc) is 2.59. The van der Waals surface area contributed by atoms with Crippen LogP contribution >= 0.6 is 0 Å². The first kappa shape index (κ1) is 15.8. The molecule has 2 heterocycles. The molecule has 118 valence electrons. The van der Waals surface area contributed by atoms with Crippen LogP contribution in [0.4, 0.5) is 4.39 Å². The van der Waals surface area contributed by atoms with Gasteiger partial charge in [-0.25, -0.2) is 9.18 Å². The number of halogens is 1. The second-order valence-corrected chi connectivity index (χ2v) is 4.84. The minimum absolute atomic E-state index is 0.0179.